The fourth-order valence-corrected chi connectivity index (χ4v) is 2.56. The van der Waals surface area contributed by atoms with Gasteiger partial charge in [-0.1, -0.05) is 42.3 Å². The van der Waals surface area contributed by atoms with Gasteiger partial charge < -0.3 is 14.8 Å². The third-order valence-corrected chi connectivity index (χ3v) is 3.95. The Morgan fingerprint density at radius 1 is 1.21 bits per heavy atom. The second kappa shape index (κ2) is 11.1. The molecule has 1 amide bonds. The summed E-state index contributed by atoms with van der Waals surface area (Å²) in [7, 11) is 1.51. The van der Waals surface area contributed by atoms with Gasteiger partial charge in [0, 0.05) is 6.54 Å². The van der Waals surface area contributed by atoms with Crippen LogP contribution in [0.4, 0.5) is 0 Å². The number of nitriles is 1. The van der Waals surface area contributed by atoms with Crippen LogP contribution in [0.3, 0.4) is 0 Å². The number of ether oxygens (including phenoxy) is 2. The Bertz CT molecular complexity index is 906. The maximum atomic E-state index is 12.3. The Labute approximate surface area is 165 Å². The topological polar surface area (TPSA) is 71.3 Å². The molecule has 0 saturated carbocycles. The summed E-state index contributed by atoms with van der Waals surface area (Å²) in [4.78, 5) is 12.3. The summed E-state index contributed by atoms with van der Waals surface area (Å²) in [5.41, 5.74) is 1.90. The number of benzene rings is 2. The smallest absolute Gasteiger partial charge is 0.261 e. The maximum absolute atomic E-state index is 12.3. The number of hydrogen-bond donors (Lipinski definition) is 1. The minimum Gasteiger partial charge on any atom is -0.493 e. The predicted molar refractivity (Wildman–Crippen MR) is 109 cm³/mol. The lowest BCUT2D eigenvalue weighted by atomic mass is 10.1. The minimum absolute atomic E-state index is 0.0269. The molecule has 2 rings (SSSR count). The van der Waals surface area contributed by atoms with E-state index in [4.69, 9.17) is 15.9 Å². The molecule has 1 N–H and O–H groups in total. The molecule has 142 valence electrons. The Hall–Kier alpha value is -3.70. The summed E-state index contributed by atoms with van der Waals surface area (Å²) in [6.45, 7) is 0.620. The average Bonchev–Trinajstić information content (AvgIpc) is 2.74. The van der Waals surface area contributed by atoms with Crippen LogP contribution in [0.5, 0.6) is 11.5 Å². The highest BCUT2D eigenvalue weighted by molar-refractivity contribution is 6.01. The van der Waals surface area contributed by atoms with Gasteiger partial charge in [0.05, 0.1) is 7.11 Å². The first-order valence-corrected chi connectivity index (χ1v) is 8.86. The molecule has 0 spiro atoms. The van der Waals surface area contributed by atoms with Gasteiger partial charge in [0.15, 0.2) is 11.5 Å². The number of aryl methyl sites for hydroxylation is 1. The van der Waals surface area contributed by atoms with Crippen LogP contribution in [0.25, 0.3) is 6.08 Å². The molecule has 0 saturated heterocycles. The van der Waals surface area contributed by atoms with Crippen molar-refractivity contribution in [3.05, 3.63) is 65.2 Å². The van der Waals surface area contributed by atoms with Crippen molar-refractivity contribution in [2.45, 2.75) is 12.8 Å². The van der Waals surface area contributed by atoms with E-state index in [0.717, 1.165) is 12.8 Å². The average molecular weight is 374 g/mol. The molecule has 0 bridgehead atoms. The molecule has 28 heavy (non-hydrogen) atoms. The first-order valence-electron chi connectivity index (χ1n) is 8.86. The van der Waals surface area contributed by atoms with Gasteiger partial charge in [-0.15, -0.1) is 6.42 Å². The van der Waals surface area contributed by atoms with E-state index in [-0.39, 0.29) is 12.2 Å². The molecule has 0 atom stereocenters. The second-order valence-electron chi connectivity index (χ2n) is 5.92. The molecular weight excluding hydrogens is 352 g/mol. The molecule has 5 nitrogen and oxygen atoms in total. The van der Waals surface area contributed by atoms with Crippen molar-refractivity contribution in [1.82, 2.24) is 5.32 Å². The van der Waals surface area contributed by atoms with Gasteiger partial charge in [-0.25, -0.2) is 0 Å². The van der Waals surface area contributed by atoms with Crippen molar-refractivity contribution in [2.75, 3.05) is 20.3 Å². The van der Waals surface area contributed by atoms with Gasteiger partial charge in [0.25, 0.3) is 5.91 Å². The largest absolute Gasteiger partial charge is 0.493 e. The minimum atomic E-state index is -0.401. The second-order valence-corrected chi connectivity index (χ2v) is 5.92. The van der Waals surface area contributed by atoms with E-state index < -0.39 is 5.91 Å². The van der Waals surface area contributed by atoms with E-state index in [9.17, 15) is 10.1 Å². The lowest BCUT2D eigenvalue weighted by Gasteiger charge is -2.09. The van der Waals surface area contributed by atoms with E-state index >= 15 is 0 Å². The number of carbonyl (C=O) groups excluding carboxylic acids is 1. The Kier molecular flexibility index (Phi) is 8.17. The molecule has 0 fully saturated rings. The normalized spacial score (nSPS) is 10.5. The van der Waals surface area contributed by atoms with Crippen molar-refractivity contribution < 1.29 is 14.3 Å². The fraction of sp³-hybridized carbons (Fsp3) is 0.217. The highest BCUT2D eigenvalue weighted by atomic mass is 16.5. The molecule has 0 aromatic heterocycles. The number of nitrogens with one attached hydrogen (secondary N) is 1. The molecule has 2 aromatic rings. The molecule has 0 radical (unpaired) electrons. The molecule has 0 heterocycles. The van der Waals surface area contributed by atoms with Crippen LogP contribution in [0.15, 0.2) is 54.1 Å². The molecule has 0 aliphatic carbocycles. The number of methoxy groups -OCH3 is 1. The number of terminal acetylenes is 1. The summed E-state index contributed by atoms with van der Waals surface area (Å²) >= 11 is 0. The van der Waals surface area contributed by atoms with E-state index in [1.54, 1.807) is 18.2 Å². The lowest BCUT2D eigenvalue weighted by Crippen LogP contribution is -2.25. The summed E-state index contributed by atoms with van der Waals surface area (Å²) < 4.78 is 10.7. The first-order chi connectivity index (χ1) is 13.7. The maximum Gasteiger partial charge on any atom is 0.261 e. The molecule has 0 aliphatic heterocycles. The third kappa shape index (κ3) is 6.23. The number of nitrogens with zero attached hydrogens (tertiary/aromatic N) is 1. The summed E-state index contributed by atoms with van der Waals surface area (Å²) in [6.07, 6.45) is 8.37. The molecule has 0 unspecified atom stereocenters. The van der Waals surface area contributed by atoms with Crippen molar-refractivity contribution in [3.63, 3.8) is 0 Å². The highest BCUT2D eigenvalue weighted by Crippen LogP contribution is 2.28. The van der Waals surface area contributed by atoms with Crippen LogP contribution in [-0.2, 0) is 11.2 Å². The quantitative estimate of drug-likeness (QED) is 0.316. The van der Waals surface area contributed by atoms with Crippen LogP contribution in [0.2, 0.25) is 0 Å². The summed E-state index contributed by atoms with van der Waals surface area (Å²) in [6, 6.07) is 17.1. The first kappa shape index (κ1) is 20.6. The molecular formula is C23H22N2O3. The Balaban J connectivity index is 1.97. The van der Waals surface area contributed by atoms with Crippen LogP contribution in [-0.4, -0.2) is 26.2 Å². The predicted octanol–water partition coefficient (Wildman–Crippen LogP) is 3.36. The SMILES string of the molecule is C#CCOc1ccc(/C=C(/C#N)C(=O)NCCCc2ccccc2)cc1OC. The van der Waals surface area contributed by atoms with Crippen LogP contribution in [0.1, 0.15) is 17.5 Å². The number of amides is 1. The fourth-order valence-electron chi connectivity index (χ4n) is 2.56. The van der Waals surface area contributed by atoms with Crippen LogP contribution >= 0.6 is 0 Å². The van der Waals surface area contributed by atoms with Crippen molar-refractivity contribution >= 4 is 12.0 Å². The lowest BCUT2D eigenvalue weighted by molar-refractivity contribution is -0.117. The van der Waals surface area contributed by atoms with E-state index in [0.29, 0.717) is 23.6 Å². The van der Waals surface area contributed by atoms with Crippen LogP contribution in [0, 0.1) is 23.7 Å². The van der Waals surface area contributed by atoms with Gasteiger partial charge in [0.2, 0.25) is 0 Å². The van der Waals surface area contributed by atoms with Crippen molar-refractivity contribution in [2.24, 2.45) is 0 Å². The molecule has 2 aromatic carbocycles. The van der Waals surface area contributed by atoms with Crippen molar-refractivity contribution in [3.8, 4) is 29.9 Å². The number of rotatable bonds is 9. The zero-order valence-electron chi connectivity index (χ0n) is 15.8. The Morgan fingerprint density at radius 3 is 2.68 bits per heavy atom. The van der Waals surface area contributed by atoms with Crippen LogP contribution < -0.4 is 14.8 Å². The Morgan fingerprint density at radius 2 is 2.00 bits per heavy atom. The zero-order valence-corrected chi connectivity index (χ0v) is 15.8. The number of carbonyl (C=O) groups is 1. The standard InChI is InChI=1S/C23H22N2O3/c1-3-14-28-21-12-11-19(16-22(21)27-2)15-20(17-24)23(26)25-13-7-10-18-8-5-4-6-9-18/h1,4-6,8-9,11-12,15-16H,7,10,13-14H2,2H3,(H,25,26)/b20-15-. The summed E-state index contributed by atoms with van der Waals surface area (Å²) in [5, 5.41) is 12.1. The number of hydrogen-bond acceptors (Lipinski definition) is 4. The van der Waals surface area contributed by atoms with Gasteiger partial charge in [-0.05, 0) is 42.2 Å². The van der Waals surface area contributed by atoms with Gasteiger partial charge in [-0.2, -0.15) is 5.26 Å². The van der Waals surface area contributed by atoms with Gasteiger partial charge >= 0.3 is 0 Å². The van der Waals surface area contributed by atoms with E-state index in [2.05, 4.69) is 11.2 Å². The van der Waals surface area contributed by atoms with Crippen molar-refractivity contribution in [1.29, 1.82) is 5.26 Å². The highest BCUT2D eigenvalue weighted by Gasteiger charge is 2.10. The van der Waals surface area contributed by atoms with E-state index in [1.807, 2.05) is 36.4 Å². The molecule has 0 aliphatic rings. The van der Waals surface area contributed by atoms with Gasteiger partial charge in [-0.3, -0.25) is 4.79 Å². The molecule has 5 heteroatoms. The monoisotopic (exact) mass is 374 g/mol. The third-order valence-electron chi connectivity index (χ3n) is 3.95. The van der Waals surface area contributed by atoms with E-state index in [1.165, 1.54) is 18.7 Å². The zero-order chi connectivity index (χ0) is 20.2. The summed E-state index contributed by atoms with van der Waals surface area (Å²) in [5.74, 6) is 2.96. The van der Waals surface area contributed by atoms with Gasteiger partial charge in [0.1, 0.15) is 18.2 Å².